The topological polar surface area (TPSA) is 21.3 Å². The zero-order valence-corrected chi connectivity index (χ0v) is 18.0. The van der Waals surface area contributed by atoms with Crippen LogP contribution >= 0.6 is 11.8 Å². The van der Waals surface area contributed by atoms with Crippen molar-refractivity contribution >= 4 is 23.0 Å². The van der Waals surface area contributed by atoms with Crippen molar-refractivity contribution in [2.24, 2.45) is 5.92 Å². The number of hydrogen-bond acceptors (Lipinski definition) is 3. The lowest BCUT2D eigenvalue weighted by Gasteiger charge is -2.34. The molecule has 2 aromatic carbocycles. The lowest BCUT2D eigenvalue weighted by molar-refractivity contribution is 0.416. The summed E-state index contributed by atoms with van der Waals surface area (Å²) in [5.74, 6) is 3.94. The van der Waals surface area contributed by atoms with E-state index in [0.29, 0.717) is 0 Å². The van der Waals surface area contributed by atoms with Crippen LogP contribution < -0.4 is 10.1 Å². The van der Waals surface area contributed by atoms with Gasteiger partial charge < -0.3 is 10.1 Å². The van der Waals surface area contributed by atoms with Crippen LogP contribution in [0.3, 0.4) is 0 Å². The van der Waals surface area contributed by atoms with Gasteiger partial charge in [-0.05, 0) is 43.6 Å². The molecule has 0 aromatic heterocycles. The fraction of sp³-hybridized carbons (Fsp3) is 0.417. The second kappa shape index (κ2) is 8.43. The van der Waals surface area contributed by atoms with E-state index in [1.54, 1.807) is 7.11 Å². The average Bonchev–Trinajstić information content (AvgIpc) is 2.63. The van der Waals surface area contributed by atoms with Gasteiger partial charge in [0.05, 0.1) is 18.3 Å². The maximum Gasteiger partial charge on any atom is 0.126 e. The molecule has 3 rings (SSSR count). The first-order valence-electron chi connectivity index (χ1n) is 9.75. The number of anilines is 1. The van der Waals surface area contributed by atoms with Gasteiger partial charge in [-0.25, -0.2) is 0 Å². The van der Waals surface area contributed by atoms with Crippen LogP contribution in [0.25, 0.3) is 16.7 Å². The number of rotatable bonds is 7. The smallest absolute Gasteiger partial charge is 0.126 e. The number of thioether (sulfide) groups is 1. The Kier molecular flexibility index (Phi) is 6.21. The molecule has 2 nitrogen and oxygen atoms in total. The van der Waals surface area contributed by atoms with Gasteiger partial charge in [0.15, 0.2) is 0 Å². The molecular weight excluding hydrogens is 350 g/mol. The highest BCUT2D eigenvalue weighted by atomic mass is 32.2. The summed E-state index contributed by atoms with van der Waals surface area (Å²) in [5.41, 5.74) is 6.23. The lowest BCUT2D eigenvalue weighted by Crippen LogP contribution is -2.32. The van der Waals surface area contributed by atoms with Crippen molar-refractivity contribution in [3.63, 3.8) is 0 Å². The van der Waals surface area contributed by atoms with E-state index in [1.165, 1.54) is 34.6 Å². The van der Waals surface area contributed by atoms with Crippen molar-refractivity contribution < 1.29 is 4.74 Å². The molecule has 0 saturated heterocycles. The Morgan fingerprint density at radius 1 is 1.00 bits per heavy atom. The van der Waals surface area contributed by atoms with Gasteiger partial charge >= 0.3 is 0 Å². The predicted octanol–water partition coefficient (Wildman–Crippen LogP) is 6.73. The fourth-order valence-corrected chi connectivity index (χ4v) is 4.78. The highest BCUT2D eigenvalue weighted by Crippen LogP contribution is 2.43. The summed E-state index contributed by atoms with van der Waals surface area (Å²) in [4.78, 5) is 0. The minimum absolute atomic E-state index is 0.0704. The minimum Gasteiger partial charge on any atom is -0.496 e. The van der Waals surface area contributed by atoms with Gasteiger partial charge in [-0.2, -0.15) is 11.8 Å². The average molecular weight is 382 g/mol. The molecule has 0 bridgehead atoms. The molecule has 0 aliphatic carbocycles. The number of methoxy groups -OCH3 is 1. The van der Waals surface area contributed by atoms with Crippen LogP contribution in [0.15, 0.2) is 48.5 Å². The van der Waals surface area contributed by atoms with E-state index in [0.717, 1.165) is 23.0 Å². The van der Waals surface area contributed by atoms with Crippen LogP contribution in [0.4, 0.5) is 5.69 Å². The number of ether oxygens (including phenoxy) is 1. The summed E-state index contributed by atoms with van der Waals surface area (Å²) in [6.07, 6.45) is 3.66. The van der Waals surface area contributed by atoms with Crippen LogP contribution in [0.1, 0.15) is 39.7 Å². The molecule has 1 heterocycles. The Morgan fingerprint density at radius 2 is 1.70 bits per heavy atom. The largest absolute Gasteiger partial charge is 0.496 e. The summed E-state index contributed by atoms with van der Waals surface area (Å²) < 4.78 is 5.62. The lowest BCUT2D eigenvalue weighted by atomic mass is 9.87. The second-order valence-corrected chi connectivity index (χ2v) is 9.28. The molecule has 144 valence electrons. The third-order valence-electron chi connectivity index (χ3n) is 4.89. The van der Waals surface area contributed by atoms with Crippen molar-refractivity contribution in [2.45, 2.75) is 39.7 Å². The van der Waals surface area contributed by atoms with Crippen molar-refractivity contribution in [2.75, 3.05) is 23.9 Å². The molecule has 0 atom stereocenters. The molecule has 1 aliphatic heterocycles. The van der Waals surface area contributed by atoms with E-state index < -0.39 is 0 Å². The van der Waals surface area contributed by atoms with Gasteiger partial charge in [0.1, 0.15) is 5.75 Å². The van der Waals surface area contributed by atoms with Crippen molar-refractivity contribution in [1.82, 2.24) is 0 Å². The standard InChI is InChI=1S/C24H31NOS/c1-17(2)13-14-27-16-18-15-24(3,4)25-23-19(18)10-8-11-21(23)20-9-6-7-12-22(20)26-5/h6-12,15,17,25H,13-14,16H2,1-5H3. The van der Waals surface area contributed by atoms with Gasteiger partial charge in [0.2, 0.25) is 0 Å². The van der Waals surface area contributed by atoms with E-state index in [4.69, 9.17) is 4.74 Å². The molecule has 0 unspecified atom stereocenters. The zero-order chi connectivity index (χ0) is 19.4. The molecule has 0 saturated carbocycles. The van der Waals surface area contributed by atoms with E-state index >= 15 is 0 Å². The maximum atomic E-state index is 5.62. The zero-order valence-electron chi connectivity index (χ0n) is 17.1. The molecule has 0 spiro atoms. The number of fused-ring (bicyclic) bond motifs is 1. The van der Waals surface area contributed by atoms with Crippen LogP contribution in [0.5, 0.6) is 5.75 Å². The monoisotopic (exact) mass is 381 g/mol. The summed E-state index contributed by atoms with van der Waals surface area (Å²) in [6, 6.07) is 14.8. The molecule has 3 heteroatoms. The van der Waals surface area contributed by atoms with E-state index in [-0.39, 0.29) is 5.54 Å². The van der Waals surface area contributed by atoms with Crippen molar-refractivity contribution in [3.05, 3.63) is 54.1 Å². The highest BCUT2D eigenvalue weighted by molar-refractivity contribution is 7.99. The predicted molar refractivity (Wildman–Crippen MR) is 121 cm³/mol. The second-order valence-electron chi connectivity index (χ2n) is 8.18. The van der Waals surface area contributed by atoms with Crippen LogP contribution in [-0.4, -0.2) is 24.2 Å². The van der Waals surface area contributed by atoms with Crippen LogP contribution in [0.2, 0.25) is 0 Å². The van der Waals surface area contributed by atoms with Gasteiger partial charge in [0, 0.05) is 22.4 Å². The Hall–Kier alpha value is -1.87. The third-order valence-corrected chi connectivity index (χ3v) is 5.93. The molecule has 27 heavy (non-hydrogen) atoms. The van der Waals surface area contributed by atoms with Crippen LogP contribution in [-0.2, 0) is 0 Å². The van der Waals surface area contributed by atoms with E-state index in [2.05, 4.69) is 69.4 Å². The first-order chi connectivity index (χ1) is 12.9. The first-order valence-corrected chi connectivity index (χ1v) is 10.9. The summed E-state index contributed by atoms with van der Waals surface area (Å²) in [5, 5.41) is 3.75. The summed E-state index contributed by atoms with van der Waals surface area (Å²) >= 11 is 2.04. The summed E-state index contributed by atoms with van der Waals surface area (Å²) in [6.45, 7) is 9.08. The Balaban J connectivity index is 1.97. The fourth-order valence-electron chi connectivity index (χ4n) is 3.54. The molecule has 0 amide bonds. The van der Waals surface area contributed by atoms with Gasteiger partial charge in [-0.1, -0.05) is 56.3 Å². The molecule has 1 N–H and O–H groups in total. The summed E-state index contributed by atoms with van der Waals surface area (Å²) in [7, 11) is 1.74. The molecule has 0 fully saturated rings. The van der Waals surface area contributed by atoms with Gasteiger partial charge in [-0.3, -0.25) is 0 Å². The number of benzene rings is 2. The SMILES string of the molecule is COc1ccccc1-c1cccc2c1NC(C)(C)C=C2CSCCC(C)C. The molecule has 2 aromatic rings. The number of nitrogens with one attached hydrogen (secondary N) is 1. The highest BCUT2D eigenvalue weighted by Gasteiger charge is 2.27. The number of hydrogen-bond donors (Lipinski definition) is 1. The maximum absolute atomic E-state index is 5.62. The van der Waals surface area contributed by atoms with E-state index in [1.807, 2.05) is 23.9 Å². The normalized spacial score (nSPS) is 15.1. The molecule has 1 aliphatic rings. The minimum atomic E-state index is -0.0704. The Bertz CT molecular complexity index is 823. The number of para-hydroxylation sites is 2. The van der Waals surface area contributed by atoms with Crippen molar-refractivity contribution in [3.8, 4) is 16.9 Å². The Labute approximate surface area is 168 Å². The first kappa shape index (κ1) is 19.9. The van der Waals surface area contributed by atoms with Gasteiger partial charge in [0.25, 0.3) is 0 Å². The third kappa shape index (κ3) is 4.70. The molecule has 0 radical (unpaired) electrons. The quantitative estimate of drug-likeness (QED) is 0.537. The Morgan fingerprint density at radius 3 is 2.44 bits per heavy atom. The van der Waals surface area contributed by atoms with Crippen molar-refractivity contribution in [1.29, 1.82) is 0 Å². The van der Waals surface area contributed by atoms with E-state index in [9.17, 15) is 0 Å². The molecular formula is C24H31NOS. The van der Waals surface area contributed by atoms with Crippen LogP contribution in [0, 0.1) is 5.92 Å². The van der Waals surface area contributed by atoms with Gasteiger partial charge in [-0.15, -0.1) is 0 Å².